The molecule has 2 unspecified atom stereocenters. The number of rotatable bonds is 8. The zero-order valence-electron chi connectivity index (χ0n) is 21.3. The van der Waals surface area contributed by atoms with Gasteiger partial charge in [-0.05, 0) is 37.2 Å². The lowest BCUT2D eigenvalue weighted by Gasteiger charge is -2.39. The lowest BCUT2D eigenvalue weighted by Crippen LogP contribution is -2.59. The molecule has 8 heteroatoms. The third-order valence-corrected chi connectivity index (χ3v) is 10.8. The number of likely N-dealkylation sites (tertiary alicyclic amines) is 1. The van der Waals surface area contributed by atoms with E-state index in [1.54, 1.807) is 16.7 Å². The summed E-state index contributed by atoms with van der Waals surface area (Å²) in [5.74, 6) is -1.34. The molecule has 196 valence electrons. The Morgan fingerprint density at radius 3 is 2.50 bits per heavy atom. The summed E-state index contributed by atoms with van der Waals surface area (Å²) < 4.78 is -0.614. The van der Waals surface area contributed by atoms with E-state index in [0.29, 0.717) is 6.54 Å². The summed E-state index contributed by atoms with van der Waals surface area (Å²) in [7, 11) is 0. The van der Waals surface area contributed by atoms with Gasteiger partial charge in [-0.1, -0.05) is 63.4 Å². The highest BCUT2D eigenvalue weighted by atomic mass is 32.2. The molecule has 1 spiro atoms. The molecule has 3 heterocycles. The quantitative estimate of drug-likeness (QED) is 0.497. The number of nitrogens with one attached hydrogen (secondary N) is 2. The van der Waals surface area contributed by atoms with Crippen molar-refractivity contribution >= 4 is 29.5 Å². The van der Waals surface area contributed by atoms with E-state index in [2.05, 4.69) is 10.6 Å². The first-order valence-electron chi connectivity index (χ1n) is 13.6. The number of fused-ring (bicyclic) bond motifs is 1. The van der Waals surface area contributed by atoms with Crippen molar-refractivity contribution in [3.8, 4) is 0 Å². The number of carbonyl (C=O) groups excluding carboxylic acids is 3. The van der Waals surface area contributed by atoms with E-state index in [-0.39, 0.29) is 41.5 Å². The largest absolute Gasteiger partial charge is 0.394 e. The highest BCUT2D eigenvalue weighted by molar-refractivity contribution is 8.02. The highest BCUT2D eigenvalue weighted by Crippen LogP contribution is 2.66. The SMILES string of the molecule is CC(C)[C@H](CO)N1C(=O)[C@@H]2[C@H](C(=O)NCc3ccccc3)[C@@H]3CCC2(S3)C1C(=O)NC1CCCCC1. The molecule has 1 aromatic carbocycles. The first-order chi connectivity index (χ1) is 17.4. The fourth-order valence-electron chi connectivity index (χ4n) is 7.10. The zero-order valence-corrected chi connectivity index (χ0v) is 22.1. The highest BCUT2D eigenvalue weighted by Gasteiger charge is 2.74. The van der Waals surface area contributed by atoms with Crippen molar-refractivity contribution in [3.63, 3.8) is 0 Å². The number of aliphatic hydroxyl groups excluding tert-OH is 1. The molecule has 7 nitrogen and oxygen atoms in total. The van der Waals surface area contributed by atoms with Gasteiger partial charge in [0.1, 0.15) is 6.04 Å². The minimum absolute atomic E-state index is 0.00767. The Kier molecular flexibility index (Phi) is 7.37. The predicted octanol–water partition coefficient (Wildman–Crippen LogP) is 2.86. The summed E-state index contributed by atoms with van der Waals surface area (Å²) in [5, 5.41) is 16.7. The van der Waals surface area contributed by atoms with Crippen LogP contribution < -0.4 is 10.6 Å². The molecule has 3 aliphatic heterocycles. The number of benzene rings is 1. The summed E-state index contributed by atoms with van der Waals surface area (Å²) in [6, 6.07) is 8.81. The molecular formula is C28H39N3O4S. The first-order valence-corrected chi connectivity index (χ1v) is 14.5. The van der Waals surface area contributed by atoms with Gasteiger partial charge in [0, 0.05) is 17.8 Å². The van der Waals surface area contributed by atoms with E-state index in [1.807, 2.05) is 44.2 Å². The number of carbonyl (C=O) groups is 3. The van der Waals surface area contributed by atoms with Crippen molar-refractivity contribution in [2.24, 2.45) is 17.8 Å². The van der Waals surface area contributed by atoms with E-state index < -0.39 is 28.7 Å². The number of hydrogen-bond acceptors (Lipinski definition) is 5. The Morgan fingerprint density at radius 2 is 1.83 bits per heavy atom. The second-order valence-electron chi connectivity index (χ2n) is 11.3. The van der Waals surface area contributed by atoms with Gasteiger partial charge in [0.05, 0.1) is 29.2 Å². The first kappa shape index (κ1) is 25.6. The van der Waals surface area contributed by atoms with Gasteiger partial charge in [0.15, 0.2) is 0 Å². The molecule has 0 aromatic heterocycles. The molecule has 4 aliphatic rings. The van der Waals surface area contributed by atoms with Crippen LogP contribution >= 0.6 is 11.8 Å². The van der Waals surface area contributed by atoms with Crippen LogP contribution in [-0.4, -0.2) is 62.5 Å². The normalized spacial score (nSPS) is 32.6. The molecule has 1 aromatic rings. The smallest absolute Gasteiger partial charge is 0.244 e. The number of aliphatic hydroxyl groups is 1. The molecular weight excluding hydrogens is 474 g/mol. The van der Waals surface area contributed by atoms with Gasteiger partial charge in [-0.3, -0.25) is 14.4 Å². The van der Waals surface area contributed by atoms with Crippen LogP contribution in [0.5, 0.6) is 0 Å². The fraction of sp³-hybridized carbons (Fsp3) is 0.679. The Balaban J connectivity index is 1.43. The summed E-state index contributed by atoms with van der Waals surface area (Å²) in [4.78, 5) is 43.2. The average molecular weight is 514 g/mol. The standard InChI is InChI=1S/C28H39N3O4S/c1-17(2)20(16-32)31-24(26(34)30-19-11-7-4-8-12-19)28-14-13-21(36-28)22(23(28)27(31)35)25(33)29-15-18-9-5-3-6-10-18/h3,5-6,9-10,17,19-24,32H,4,7-8,11-16H2,1-2H3,(H,29,33)(H,30,34)/t20-,21-,22+,23-,24?,28?/m0/s1. The third kappa shape index (κ3) is 4.34. The molecule has 3 N–H and O–H groups in total. The number of nitrogens with zero attached hydrogens (tertiary/aromatic N) is 1. The average Bonchev–Trinajstić information content (AvgIpc) is 3.52. The molecule has 0 radical (unpaired) electrons. The van der Waals surface area contributed by atoms with Crippen molar-refractivity contribution in [2.45, 2.75) is 93.5 Å². The Hall–Kier alpha value is -2.06. The van der Waals surface area contributed by atoms with E-state index >= 15 is 0 Å². The van der Waals surface area contributed by atoms with Crippen LogP contribution in [0.4, 0.5) is 0 Å². The second-order valence-corrected chi connectivity index (χ2v) is 12.9. The maximum Gasteiger partial charge on any atom is 0.244 e. The van der Waals surface area contributed by atoms with E-state index in [4.69, 9.17) is 0 Å². The van der Waals surface area contributed by atoms with Crippen LogP contribution in [0.3, 0.4) is 0 Å². The lowest BCUT2D eigenvalue weighted by atomic mass is 9.70. The zero-order chi connectivity index (χ0) is 25.4. The molecule has 5 rings (SSSR count). The third-order valence-electron chi connectivity index (χ3n) is 8.86. The Bertz CT molecular complexity index is 982. The van der Waals surface area contributed by atoms with Gasteiger partial charge in [0.25, 0.3) is 0 Å². The van der Waals surface area contributed by atoms with Crippen LogP contribution in [0.2, 0.25) is 0 Å². The van der Waals surface area contributed by atoms with Crippen molar-refractivity contribution in [1.82, 2.24) is 15.5 Å². The fourth-order valence-corrected chi connectivity index (χ4v) is 9.30. The summed E-state index contributed by atoms with van der Waals surface area (Å²) in [6.45, 7) is 4.18. The Morgan fingerprint density at radius 1 is 1.11 bits per heavy atom. The minimum atomic E-state index is -0.654. The number of amides is 3. The minimum Gasteiger partial charge on any atom is -0.394 e. The van der Waals surface area contributed by atoms with Gasteiger partial charge in [-0.15, -0.1) is 11.8 Å². The molecule has 3 amide bonds. The number of hydrogen-bond donors (Lipinski definition) is 3. The van der Waals surface area contributed by atoms with Crippen LogP contribution in [0.25, 0.3) is 0 Å². The van der Waals surface area contributed by atoms with Crippen molar-refractivity contribution in [2.75, 3.05) is 6.61 Å². The van der Waals surface area contributed by atoms with Gasteiger partial charge >= 0.3 is 0 Å². The molecule has 36 heavy (non-hydrogen) atoms. The van der Waals surface area contributed by atoms with Crippen LogP contribution in [-0.2, 0) is 20.9 Å². The van der Waals surface area contributed by atoms with E-state index in [9.17, 15) is 19.5 Å². The molecule has 6 atom stereocenters. The van der Waals surface area contributed by atoms with E-state index in [0.717, 1.165) is 44.1 Å². The van der Waals surface area contributed by atoms with Crippen LogP contribution in [0.1, 0.15) is 64.4 Å². The van der Waals surface area contributed by atoms with Gasteiger partial charge in [0.2, 0.25) is 17.7 Å². The van der Waals surface area contributed by atoms with Crippen LogP contribution in [0.15, 0.2) is 30.3 Å². The van der Waals surface area contributed by atoms with Gasteiger partial charge in [-0.2, -0.15) is 0 Å². The van der Waals surface area contributed by atoms with Crippen LogP contribution in [0, 0.1) is 17.8 Å². The van der Waals surface area contributed by atoms with Crippen molar-refractivity contribution < 1.29 is 19.5 Å². The monoisotopic (exact) mass is 513 g/mol. The molecule has 1 saturated carbocycles. The summed E-state index contributed by atoms with van der Waals surface area (Å²) in [6.07, 6.45) is 6.92. The summed E-state index contributed by atoms with van der Waals surface area (Å²) in [5.41, 5.74) is 1.01. The summed E-state index contributed by atoms with van der Waals surface area (Å²) >= 11 is 1.69. The van der Waals surface area contributed by atoms with E-state index in [1.165, 1.54) is 6.42 Å². The van der Waals surface area contributed by atoms with Gasteiger partial charge < -0.3 is 20.6 Å². The predicted molar refractivity (Wildman–Crippen MR) is 140 cm³/mol. The maximum atomic E-state index is 14.1. The van der Waals surface area contributed by atoms with Crippen molar-refractivity contribution in [1.29, 1.82) is 0 Å². The topological polar surface area (TPSA) is 98.7 Å². The second kappa shape index (κ2) is 10.4. The molecule has 4 fully saturated rings. The van der Waals surface area contributed by atoms with Gasteiger partial charge in [-0.25, -0.2) is 0 Å². The molecule has 2 bridgehead atoms. The van der Waals surface area contributed by atoms with Crippen molar-refractivity contribution in [3.05, 3.63) is 35.9 Å². The maximum absolute atomic E-state index is 14.1. The Labute approximate surface area is 218 Å². The number of thioether (sulfide) groups is 1. The lowest BCUT2D eigenvalue weighted by molar-refractivity contribution is -0.144. The molecule has 1 aliphatic carbocycles. The molecule has 3 saturated heterocycles.